The van der Waals surface area contributed by atoms with Gasteiger partial charge in [0.2, 0.25) is 0 Å². The molecule has 1 heterocycles. The van der Waals surface area contributed by atoms with Gasteiger partial charge in [-0.2, -0.15) is 0 Å². The highest BCUT2D eigenvalue weighted by Gasteiger charge is 2.29. The third-order valence-corrected chi connectivity index (χ3v) is 6.16. The fraction of sp³-hybridized carbons (Fsp3) is 0.682. The molecule has 1 aromatic rings. The normalized spacial score (nSPS) is 20.7. The van der Waals surface area contributed by atoms with Gasteiger partial charge < -0.3 is 15.7 Å². The monoisotopic (exact) mass is 534 g/mol. The summed E-state index contributed by atoms with van der Waals surface area (Å²) in [5.74, 6) is 0.845. The van der Waals surface area contributed by atoms with Crippen molar-refractivity contribution in [3.63, 3.8) is 0 Å². The molecule has 2 aliphatic rings. The van der Waals surface area contributed by atoms with Gasteiger partial charge in [-0.15, -0.1) is 24.0 Å². The molecule has 0 atom stereocenters. The maximum Gasteiger partial charge on any atom is 0.191 e. The van der Waals surface area contributed by atoms with E-state index in [1.807, 2.05) is 12.1 Å². The number of nitrogens with one attached hydrogen (secondary N) is 2. The summed E-state index contributed by atoms with van der Waals surface area (Å²) in [6.07, 6.45) is 7.41. The first-order valence-corrected chi connectivity index (χ1v) is 11.2. The topological polar surface area (TPSA) is 59.9 Å². The lowest BCUT2D eigenvalue weighted by molar-refractivity contribution is 0.0131. The Hall–Kier alpha value is -0.570. The van der Waals surface area contributed by atoms with E-state index in [0.29, 0.717) is 12.6 Å². The molecule has 2 fully saturated rings. The van der Waals surface area contributed by atoms with Gasteiger partial charge >= 0.3 is 0 Å². The molecule has 1 aromatic carbocycles. The van der Waals surface area contributed by atoms with Crippen molar-refractivity contribution in [2.45, 2.75) is 70.1 Å². The predicted octanol–water partition coefficient (Wildman–Crippen LogP) is 4.17. The minimum Gasteiger partial charge on any atom is -0.388 e. The van der Waals surface area contributed by atoms with E-state index in [9.17, 15) is 5.11 Å². The minimum absolute atomic E-state index is 0. The zero-order valence-electron chi connectivity index (χ0n) is 17.5. The zero-order valence-corrected chi connectivity index (χ0v) is 20.6. The molecule has 0 aromatic heterocycles. The fourth-order valence-corrected chi connectivity index (χ4v) is 4.32. The number of aliphatic imine (C=N–C) groups is 1. The summed E-state index contributed by atoms with van der Waals surface area (Å²) in [5, 5.41) is 18.4. The van der Waals surface area contributed by atoms with Crippen LogP contribution < -0.4 is 10.6 Å². The number of hydrogen-bond acceptors (Lipinski definition) is 3. The van der Waals surface area contributed by atoms with Crippen LogP contribution in [-0.2, 0) is 6.54 Å². The standard InChI is InChI=1S/C22H35ClN4O.HI/c1-2-24-21(25-17-22(28)12-4-3-5-13-22)26-20-10-14-27(15-11-20)16-18-6-8-19(23)9-7-18;/h6-9,20,28H,2-5,10-17H2,1H3,(H2,24,25,26);1H. The summed E-state index contributed by atoms with van der Waals surface area (Å²) in [4.78, 5) is 7.21. The molecule has 5 nitrogen and oxygen atoms in total. The van der Waals surface area contributed by atoms with Gasteiger partial charge in [-0.25, -0.2) is 0 Å². The lowest BCUT2D eigenvalue weighted by Gasteiger charge is -2.34. The van der Waals surface area contributed by atoms with Crippen molar-refractivity contribution in [1.82, 2.24) is 15.5 Å². The fourth-order valence-electron chi connectivity index (χ4n) is 4.19. The number of piperidine rings is 1. The van der Waals surface area contributed by atoms with E-state index < -0.39 is 5.60 Å². The third-order valence-electron chi connectivity index (χ3n) is 5.91. The van der Waals surface area contributed by atoms with Gasteiger partial charge in [0.1, 0.15) is 0 Å². The molecule has 164 valence electrons. The average Bonchev–Trinajstić information content (AvgIpc) is 2.70. The highest BCUT2D eigenvalue weighted by atomic mass is 127. The first kappa shape index (κ1) is 24.7. The summed E-state index contributed by atoms with van der Waals surface area (Å²) in [6.45, 7) is 6.54. The SMILES string of the molecule is CCNC(=NCC1(O)CCCCC1)NC1CCN(Cc2ccc(Cl)cc2)CC1.I. The van der Waals surface area contributed by atoms with E-state index in [2.05, 4.69) is 34.6 Å². The van der Waals surface area contributed by atoms with Crippen LogP contribution >= 0.6 is 35.6 Å². The van der Waals surface area contributed by atoms with Crippen LogP contribution in [0.2, 0.25) is 5.02 Å². The molecule has 0 amide bonds. The Morgan fingerprint density at radius 1 is 1.17 bits per heavy atom. The largest absolute Gasteiger partial charge is 0.388 e. The Labute approximate surface area is 197 Å². The van der Waals surface area contributed by atoms with Crippen LogP contribution in [0.15, 0.2) is 29.3 Å². The van der Waals surface area contributed by atoms with Crippen LogP contribution in [0.25, 0.3) is 0 Å². The van der Waals surface area contributed by atoms with Gasteiger partial charge in [-0.3, -0.25) is 9.89 Å². The molecule has 1 saturated carbocycles. The summed E-state index contributed by atoms with van der Waals surface area (Å²) in [6, 6.07) is 8.58. The second-order valence-corrected chi connectivity index (χ2v) is 8.74. The number of hydrogen-bond donors (Lipinski definition) is 3. The molecule has 1 aliphatic carbocycles. The van der Waals surface area contributed by atoms with Crippen LogP contribution in [0.4, 0.5) is 0 Å². The molecule has 3 N–H and O–H groups in total. The minimum atomic E-state index is -0.609. The zero-order chi connectivity index (χ0) is 19.8. The average molecular weight is 535 g/mol. The summed E-state index contributed by atoms with van der Waals surface area (Å²) < 4.78 is 0. The number of nitrogens with zero attached hydrogens (tertiary/aromatic N) is 2. The van der Waals surface area contributed by atoms with Gasteiger partial charge in [0.25, 0.3) is 0 Å². The first-order valence-electron chi connectivity index (χ1n) is 10.8. The Morgan fingerprint density at radius 3 is 2.45 bits per heavy atom. The summed E-state index contributed by atoms with van der Waals surface area (Å²) in [5.41, 5.74) is 0.703. The number of rotatable bonds is 6. The highest BCUT2D eigenvalue weighted by molar-refractivity contribution is 14.0. The van der Waals surface area contributed by atoms with E-state index in [4.69, 9.17) is 16.6 Å². The maximum absolute atomic E-state index is 10.7. The Morgan fingerprint density at radius 2 is 1.83 bits per heavy atom. The van der Waals surface area contributed by atoms with Crippen LogP contribution in [-0.4, -0.2) is 53.8 Å². The van der Waals surface area contributed by atoms with E-state index in [-0.39, 0.29) is 24.0 Å². The molecule has 0 bridgehead atoms. The molecular formula is C22H36ClIN4O. The van der Waals surface area contributed by atoms with Crippen molar-refractivity contribution >= 4 is 41.5 Å². The van der Waals surface area contributed by atoms with Gasteiger partial charge in [-0.1, -0.05) is 43.0 Å². The maximum atomic E-state index is 10.7. The van der Waals surface area contributed by atoms with Gasteiger partial charge in [0.05, 0.1) is 12.1 Å². The Bertz CT molecular complexity index is 626. The predicted molar refractivity (Wildman–Crippen MR) is 132 cm³/mol. The van der Waals surface area contributed by atoms with Crippen molar-refractivity contribution in [2.24, 2.45) is 4.99 Å². The molecule has 0 radical (unpaired) electrons. The van der Waals surface area contributed by atoms with Gasteiger partial charge in [-0.05, 0) is 50.3 Å². The van der Waals surface area contributed by atoms with Gasteiger partial charge in [0, 0.05) is 37.2 Å². The number of aliphatic hydroxyl groups is 1. The number of guanidine groups is 1. The molecule has 0 spiro atoms. The Kier molecular flexibility index (Phi) is 10.5. The van der Waals surface area contributed by atoms with Gasteiger partial charge in [0.15, 0.2) is 5.96 Å². The summed E-state index contributed by atoms with van der Waals surface area (Å²) in [7, 11) is 0. The van der Waals surface area contributed by atoms with Crippen molar-refractivity contribution in [3.05, 3.63) is 34.9 Å². The smallest absolute Gasteiger partial charge is 0.191 e. The van der Waals surface area contributed by atoms with Crippen LogP contribution in [0.3, 0.4) is 0 Å². The second kappa shape index (κ2) is 12.3. The molecule has 0 unspecified atom stereocenters. The van der Waals surface area contributed by atoms with E-state index in [1.54, 1.807) is 0 Å². The van der Waals surface area contributed by atoms with Crippen molar-refractivity contribution < 1.29 is 5.11 Å². The van der Waals surface area contributed by atoms with Crippen molar-refractivity contribution in [1.29, 1.82) is 0 Å². The second-order valence-electron chi connectivity index (χ2n) is 8.30. The molecule has 1 saturated heterocycles. The van der Waals surface area contributed by atoms with Crippen LogP contribution in [0, 0.1) is 0 Å². The van der Waals surface area contributed by atoms with Crippen molar-refractivity contribution in [2.75, 3.05) is 26.2 Å². The quantitative estimate of drug-likeness (QED) is 0.291. The first-order chi connectivity index (χ1) is 13.6. The van der Waals surface area contributed by atoms with Crippen LogP contribution in [0.1, 0.15) is 57.4 Å². The molecule has 1 aliphatic heterocycles. The molecular weight excluding hydrogens is 499 g/mol. The van der Waals surface area contributed by atoms with E-state index in [1.165, 1.54) is 12.0 Å². The number of likely N-dealkylation sites (tertiary alicyclic amines) is 1. The van der Waals surface area contributed by atoms with E-state index >= 15 is 0 Å². The third kappa shape index (κ3) is 8.23. The number of benzene rings is 1. The Balaban J connectivity index is 0.00000300. The lowest BCUT2D eigenvalue weighted by Crippen LogP contribution is -2.49. The molecule has 7 heteroatoms. The van der Waals surface area contributed by atoms with Crippen LogP contribution in [0.5, 0.6) is 0 Å². The molecule has 3 rings (SSSR count). The molecule has 29 heavy (non-hydrogen) atoms. The summed E-state index contributed by atoms with van der Waals surface area (Å²) >= 11 is 5.98. The lowest BCUT2D eigenvalue weighted by atomic mass is 9.85. The van der Waals surface area contributed by atoms with E-state index in [0.717, 1.165) is 75.7 Å². The van der Waals surface area contributed by atoms with Crippen molar-refractivity contribution in [3.8, 4) is 0 Å². The number of halogens is 2. The highest BCUT2D eigenvalue weighted by Crippen LogP contribution is 2.28.